The number of rotatable bonds is 4. The van der Waals surface area contributed by atoms with Gasteiger partial charge in [-0.3, -0.25) is 0 Å². The molecule has 1 aliphatic heterocycles. The molecule has 0 aliphatic carbocycles. The zero-order chi connectivity index (χ0) is 13.1. The predicted molar refractivity (Wildman–Crippen MR) is 70.2 cm³/mol. The van der Waals surface area contributed by atoms with Gasteiger partial charge in [0, 0.05) is 12.6 Å². The van der Waals surface area contributed by atoms with Crippen LogP contribution in [0.5, 0.6) is 11.5 Å². The van der Waals surface area contributed by atoms with Gasteiger partial charge in [-0.25, -0.2) is 0 Å². The Bertz CT molecular complexity index is 420. The number of aliphatic hydroxyl groups is 1. The molecule has 0 bridgehead atoms. The standard InChI is InChI=1S/C14H21NO3/c1-9(8-16)14-11-7-13(18-3)12(17-2)6-10(11)4-5-15-14/h6-7,9,14-16H,4-5,8H2,1-3H3/t9-,14+/m1/s1. The zero-order valence-corrected chi connectivity index (χ0v) is 11.2. The summed E-state index contributed by atoms with van der Waals surface area (Å²) < 4.78 is 10.7. The molecule has 0 saturated carbocycles. The quantitative estimate of drug-likeness (QED) is 0.852. The molecule has 2 atom stereocenters. The summed E-state index contributed by atoms with van der Waals surface area (Å²) in [4.78, 5) is 0. The van der Waals surface area contributed by atoms with Gasteiger partial charge in [-0.2, -0.15) is 0 Å². The fourth-order valence-electron chi connectivity index (χ4n) is 2.53. The number of fused-ring (bicyclic) bond motifs is 1. The molecule has 4 heteroatoms. The summed E-state index contributed by atoms with van der Waals surface area (Å²) in [5, 5.41) is 12.8. The minimum atomic E-state index is 0.172. The molecule has 1 aliphatic rings. The van der Waals surface area contributed by atoms with Crippen molar-refractivity contribution in [1.29, 1.82) is 0 Å². The van der Waals surface area contributed by atoms with E-state index in [4.69, 9.17) is 9.47 Å². The Morgan fingerprint density at radius 2 is 2.00 bits per heavy atom. The Hall–Kier alpha value is -1.26. The molecule has 18 heavy (non-hydrogen) atoms. The van der Waals surface area contributed by atoms with Crippen molar-refractivity contribution in [3.8, 4) is 11.5 Å². The molecule has 4 nitrogen and oxygen atoms in total. The Labute approximate surface area is 108 Å². The molecule has 2 N–H and O–H groups in total. The van der Waals surface area contributed by atoms with E-state index in [9.17, 15) is 5.11 Å². The van der Waals surface area contributed by atoms with Crippen molar-refractivity contribution in [2.24, 2.45) is 5.92 Å². The molecule has 0 aromatic heterocycles. The summed E-state index contributed by atoms with van der Waals surface area (Å²) in [5.74, 6) is 1.70. The summed E-state index contributed by atoms with van der Waals surface area (Å²) in [5.41, 5.74) is 2.48. The lowest BCUT2D eigenvalue weighted by molar-refractivity contribution is 0.199. The van der Waals surface area contributed by atoms with Crippen LogP contribution in [0.1, 0.15) is 24.1 Å². The van der Waals surface area contributed by atoms with Gasteiger partial charge in [-0.05, 0) is 42.1 Å². The maximum Gasteiger partial charge on any atom is 0.161 e. The number of methoxy groups -OCH3 is 2. The largest absolute Gasteiger partial charge is 0.493 e. The molecule has 0 radical (unpaired) electrons. The molecule has 1 aromatic carbocycles. The highest BCUT2D eigenvalue weighted by atomic mass is 16.5. The molecule has 0 amide bonds. The van der Waals surface area contributed by atoms with E-state index in [1.165, 1.54) is 11.1 Å². The van der Waals surface area contributed by atoms with E-state index in [2.05, 4.69) is 5.32 Å². The molecule has 100 valence electrons. The van der Waals surface area contributed by atoms with Crippen LogP contribution in [0.15, 0.2) is 12.1 Å². The molecule has 0 saturated heterocycles. The van der Waals surface area contributed by atoms with Crippen LogP contribution in [0.3, 0.4) is 0 Å². The highest BCUT2D eigenvalue weighted by Gasteiger charge is 2.26. The first-order valence-electron chi connectivity index (χ1n) is 6.30. The molecule has 0 fully saturated rings. The van der Waals surface area contributed by atoms with Crippen molar-refractivity contribution >= 4 is 0 Å². The van der Waals surface area contributed by atoms with Crippen molar-refractivity contribution in [1.82, 2.24) is 5.32 Å². The van der Waals surface area contributed by atoms with Crippen molar-refractivity contribution in [3.05, 3.63) is 23.3 Å². The lowest BCUT2D eigenvalue weighted by atomic mass is 9.87. The summed E-state index contributed by atoms with van der Waals surface area (Å²) in [7, 11) is 3.30. The van der Waals surface area contributed by atoms with Crippen LogP contribution in [0, 0.1) is 5.92 Å². The van der Waals surface area contributed by atoms with Gasteiger partial charge in [0.15, 0.2) is 11.5 Å². The third kappa shape index (κ3) is 2.31. The van der Waals surface area contributed by atoms with Gasteiger partial charge in [0.25, 0.3) is 0 Å². The average Bonchev–Trinajstić information content (AvgIpc) is 2.44. The molecule has 1 heterocycles. The van der Waals surface area contributed by atoms with Crippen LogP contribution < -0.4 is 14.8 Å². The van der Waals surface area contributed by atoms with Gasteiger partial charge in [0.1, 0.15) is 0 Å². The van der Waals surface area contributed by atoms with E-state index in [0.29, 0.717) is 0 Å². The van der Waals surface area contributed by atoms with E-state index in [1.54, 1.807) is 14.2 Å². The summed E-state index contributed by atoms with van der Waals surface area (Å²) >= 11 is 0. The second-order valence-corrected chi connectivity index (χ2v) is 4.75. The number of ether oxygens (including phenoxy) is 2. The van der Waals surface area contributed by atoms with Crippen LogP contribution in [0.2, 0.25) is 0 Å². The van der Waals surface area contributed by atoms with Crippen LogP contribution in [0.4, 0.5) is 0 Å². The topological polar surface area (TPSA) is 50.7 Å². The van der Waals surface area contributed by atoms with Crippen molar-refractivity contribution in [3.63, 3.8) is 0 Å². The minimum Gasteiger partial charge on any atom is -0.493 e. The van der Waals surface area contributed by atoms with E-state index < -0.39 is 0 Å². The lowest BCUT2D eigenvalue weighted by Crippen LogP contribution is -2.35. The Morgan fingerprint density at radius 1 is 1.33 bits per heavy atom. The smallest absolute Gasteiger partial charge is 0.161 e. The third-order valence-corrected chi connectivity index (χ3v) is 3.60. The van der Waals surface area contributed by atoms with E-state index in [1.807, 2.05) is 19.1 Å². The highest BCUT2D eigenvalue weighted by molar-refractivity contribution is 5.49. The fourth-order valence-corrected chi connectivity index (χ4v) is 2.53. The van der Waals surface area contributed by atoms with Gasteiger partial charge in [0.2, 0.25) is 0 Å². The first-order chi connectivity index (χ1) is 8.71. The number of hydrogen-bond acceptors (Lipinski definition) is 4. The highest BCUT2D eigenvalue weighted by Crippen LogP contribution is 2.37. The minimum absolute atomic E-state index is 0.172. The SMILES string of the molecule is COc1cc2c(cc1OC)[C@H]([C@H](C)CO)NCC2. The van der Waals surface area contributed by atoms with Crippen LogP contribution in [-0.2, 0) is 6.42 Å². The third-order valence-electron chi connectivity index (χ3n) is 3.60. The predicted octanol–water partition coefficient (Wildman–Crippen LogP) is 1.52. The lowest BCUT2D eigenvalue weighted by Gasteiger charge is -2.31. The Morgan fingerprint density at radius 3 is 2.61 bits per heavy atom. The summed E-state index contributed by atoms with van der Waals surface area (Å²) in [6, 6.07) is 4.25. The van der Waals surface area contributed by atoms with Crippen LogP contribution in [-0.4, -0.2) is 32.5 Å². The number of aliphatic hydroxyl groups excluding tert-OH is 1. The first-order valence-corrected chi connectivity index (χ1v) is 6.30. The van der Waals surface area contributed by atoms with Crippen LogP contribution in [0.25, 0.3) is 0 Å². The van der Waals surface area contributed by atoms with Gasteiger partial charge >= 0.3 is 0 Å². The molecule has 2 rings (SSSR count). The molecule has 0 spiro atoms. The molecule has 0 unspecified atom stereocenters. The zero-order valence-electron chi connectivity index (χ0n) is 11.2. The first kappa shape index (κ1) is 13.2. The van der Waals surface area contributed by atoms with E-state index in [0.717, 1.165) is 24.5 Å². The number of nitrogens with one attached hydrogen (secondary N) is 1. The maximum atomic E-state index is 9.34. The van der Waals surface area contributed by atoms with Crippen LogP contribution >= 0.6 is 0 Å². The Kier molecular flexibility index (Phi) is 4.09. The normalized spacial score (nSPS) is 20.1. The second kappa shape index (κ2) is 5.59. The van der Waals surface area contributed by atoms with Gasteiger partial charge in [-0.1, -0.05) is 6.92 Å². The van der Waals surface area contributed by atoms with Gasteiger partial charge in [0.05, 0.1) is 14.2 Å². The molecule has 1 aromatic rings. The summed E-state index contributed by atoms with van der Waals surface area (Å²) in [6.45, 7) is 3.15. The molecular formula is C14H21NO3. The fraction of sp³-hybridized carbons (Fsp3) is 0.571. The maximum absolute atomic E-state index is 9.34. The van der Waals surface area contributed by atoms with E-state index >= 15 is 0 Å². The molecular weight excluding hydrogens is 230 g/mol. The summed E-state index contributed by atoms with van der Waals surface area (Å²) in [6.07, 6.45) is 0.977. The average molecular weight is 251 g/mol. The van der Waals surface area contributed by atoms with Gasteiger partial charge < -0.3 is 19.9 Å². The van der Waals surface area contributed by atoms with Crippen molar-refractivity contribution in [2.75, 3.05) is 27.4 Å². The van der Waals surface area contributed by atoms with Crippen molar-refractivity contribution in [2.45, 2.75) is 19.4 Å². The van der Waals surface area contributed by atoms with Crippen molar-refractivity contribution < 1.29 is 14.6 Å². The van der Waals surface area contributed by atoms with E-state index in [-0.39, 0.29) is 18.6 Å². The van der Waals surface area contributed by atoms with Gasteiger partial charge in [-0.15, -0.1) is 0 Å². The number of hydrogen-bond donors (Lipinski definition) is 2. The Balaban J connectivity index is 2.43. The number of benzene rings is 1. The monoisotopic (exact) mass is 251 g/mol. The second-order valence-electron chi connectivity index (χ2n) is 4.75.